The summed E-state index contributed by atoms with van der Waals surface area (Å²) < 4.78 is 83.4. The number of benzene rings is 2. The molecule has 2 aliphatic rings. The molecule has 0 saturated heterocycles. The standard InChI is InChI=1S/C25H27F6N/c1-32(17-18-7-3-2-4-8-18)16-6-9-19-20(22(12-13-22)24(26,27)28)10-5-11-21(19)23(14-15-23)25(29,30)31/h2-5,7-8,10-11H,6,9,12-17H2,1H3. The first-order valence-corrected chi connectivity index (χ1v) is 11.0. The molecule has 4 rings (SSSR count). The molecule has 0 aromatic heterocycles. The molecule has 7 heteroatoms. The Balaban J connectivity index is 1.59. The lowest BCUT2D eigenvalue weighted by Crippen LogP contribution is -2.33. The van der Waals surface area contributed by atoms with Gasteiger partial charge in [-0.1, -0.05) is 48.5 Å². The first-order valence-electron chi connectivity index (χ1n) is 11.0. The van der Waals surface area contributed by atoms with Gasteiger partial charge in [0, 0.05) is 6.54 Å². The van der Waals surface area contributed by atoms with Crippen molar-refractivity contribution in [2.24, 2.45) is 0 Å². The lowest BCUT2D eigenvalue weighted by atomic mass is 9.81. The van der Waals surface area contributed by atoms with Crippen LogP contribution in [0.3, 0.4) is 0 Å². The van der Waals surface area contributed by atoms with Gasteiger partial charge in [0.25, 0.3) is 0 Å². The zero-order valence-electron chi connectivity index (χ0n) is 18.0. The number of rotatable bonds is 8. The third-order valence-electron chi connectivity index (χ3n) is 7.05. The van der Waals surface area contributed by atoms with E-state index >= 15 is 0 Å². The summed E-state index contributed by atoms with van der Waals surface area (Å²) in [6.07, 6.45) is -8.44. The van der Waals surface area contributed by atoms with Crippen molar-refractivity contribution in [2.45, 2.75) is 68.3 Å². The largest absolute Gasteiger partial charge is 0.398 e. The maximum atomic E-state index is 13.9. The molecule has 0 atom stereocenters. The van der Waals surface area contributed by atoms with Crippen molar-refractivity contribution in [1.82, 2.24) is 4.90 Å². The topological polar surface area (TPSA) is 3.24 Å². The second kappa shape index (κ2) is 8.08. The smallest absolute Gasteiger partial charge is 0.302 e. The van der Waals surface area contributed by atoms with Crippen LogP contribution in [-0.4, -0.2) is 30.8 Å². The van der Waals surface area contributed by atoms with Crippen molar-refractivity contribution in [3.63, 3.8) is 0 Å². The molecule has 1 nitrogen and oxygen atoms in total. The SMILES string of the molecule is CN(CCCc1c(C2(C(F)(F)F)CC2)cccc1C1(C(F)(F)F)CC1)Cc1ccccc1. The van der Waals surface area contributed by atoms with Crippen LogP contribution in [-0.2, 0) is 23.8 Å². The van der Waals surface area contributed by atoms with Crippen LogP contribution in [0.25, 0.3) is 0 Å². The summed E-state index contributed by atoms with van der Waals surface area (Å²) in [5.74, 6) is 0. The van der Waals surface area contributed by atoms with E-state index in [4.69, 9.17) is 0 Å². The number of halogens is 6. The van der Waals surface area contributed by atoms with Gasteiger partial charge >= 0.3 is 12.4 Å². The lowest BCUT2D eigenvalue weighted by Gasteiger charge is -2.29. The Hall–Kier alpha value is -2.02. The highest BCUT2D eigenvalue weighted by molar-refractivity contribution is 5.50. The zero-order valence-corrected chi connectivity index (χ0v) is 18.0. The van der Waals surface area contributed by atoms with Gasteiger partial charge in [-0.3, -0.25) is 0 Å². The Morgan fingerprint density at radius 2 is 1.25 bits per heavy atom. The molecule has 0 unspecified atom stereocenters. The first kappa shape index (κ1) is 23.1. The highest BCUT2D eigenvalue weighted by atomic mass is 19.4. The van der Waals surface area contributed by atoms with E-state index in [2.05, 4.69) is 0 Å². The van der Waals surface area contributed by atoms with E-state index in [-0.39, 0.29) is 48.8 Å². The molecule has 0 spiro atoms. The van der Waals surface area contributed by atoms with Gasteiger partial charge in [0.05, 0.1) is 10.8 Å². The number of hydrogen-bond acceptors (Lipinski definition) is 1. The molecule has 0 N–H and O–H groups in total. The molecule has 174 valence electrons. The molecular weight excluding hydrogens is 428 g/mol. The summed E-state index contributed by atoms with van der Waals surface area (Å²) in [7, 11) is 1.91. The van der Waals surface area contributed by atoms with Crippen LogP contribution < -0.4 is 0 Å². The Morgan fingerprint density at radius 1 is 0.750 bits per heavy atom. The average Bonchev–Trinajstić information content (AvgIpc) is 3.61. The van der Waals surface area contributed by atoms with E-state index in [1.165, 1.54) is 18.2 Å². The maximum Gasteiger partial charge on any atom is 0.398 e. The molecule has 0 amide bonds. The Bertz CT molecular complexity index is 891. The van der Waals surface area contributed by atoms with Gasteiger partial charge in [-0.15, -0.1) is 0 Å². The Kier molecular flexibility index (Phi) is 5.85. The van der Waals surface area contributed by atoms with Crippen LogP contribution in [0.1, 0.15) is 54.4 Å². The van der Waals surface area contributed by atoms with Crippen molar-refractivity contribution in [3.05, 3.63) is 70.8 Å². The van der Waals surface area contributed by atoms with E-state index in [1.54, 1.807) is 0 Å². The van der Waals surface area contributed by atoms with Gasteiger partial charge in [0.2, 0.25) is 0 Å². The van der Waals surface area contributed by atoms with E-state index in [0.717, 1.165) is 5.56 Å². The predicted molar refractivity (Wildman–Crippen MR) is 111 cm³/mol. The van der Waals surface area contributed by atoms with Crippen LogP contribution in [0, 0.1) is 0 Å². The first-order chi connectivity index (χ1) is 15.0. The molecule has 0 radical (unpaired) electrons. The summed E-state index contributed by atoms with van der Waals surface area (Å²) >= 11 is 0. The molecule has 2 aromatic carbocycles. The fourth-order valence-electron chi connectivity index (χ4n) is 4.91. The minimum absolute atomic E-state index is 0.0557. The van der Waals surface area contributed by atoms with Crippen molar-refractivity contribution < 1.29 is 26.3 Å². The summed E-state index contributed by atoms with van der Waals surface area (Å²) in [6, 6.07) is 14.0. The van der Waals surface area contributed by atoms with Crippen molar-refractivity contribution in [3.8, 4) is 0 Å². The van der Waals surface area contributed by atoms with Gasteiger partial charge in [-0.2, -0.15) is 26.3 Å². The van der Waals surface area contributed by atoms with Crippen LogP contribution in [0.2, 0.25) is 0 Å². The third kappa shape index (κ3) is 4.16. The molecule has 0 aliphatic heterocycles. The van der Waals surface area contributed by atoms with Gasteiger partial charge in [0.1, 0.15) is 0 Å². The minimum Gasteiger partial charge on any atom is -0.302 e. The number of hydrogen-bond donors (Lipinski definition) is 0. The number of alkyl halides is 6. The highest BCUT2D eigenvalue weighted by Gasteiger charge is 2.67. The zero-order chi connectivity index (χ0) is 23.2. The maximum absolute atomic E-state index is 13.9. The molecule has 2 saturated carbocycles. The molecule has 0 bridgehead atoms. The Morgan fingerprint density at radius 3 is 1.69 bits per heavy atom. The minimum atomic E-state index is -4.46. The van der Waals surface area contributed by atoms with Crippen LogP contribution in [0.15, 0.2) is 48.5 Å². The average molecular weight is 455 g/mol. The van der Waals surface area contributed by atoms with Crippen LogP contribution in [0.4, 0.5) is 26.3 Å². The third-order valence-corrected chi connectivity index (χ3v) is 7.05. The van der Waals surface area contributed by atoms with Gasteiger partial charge in [0.15, 0.2) is 0 Å². The van der Waals surface area contributed by atoms with Gasteiger partial charge in [-0.25, -0.2) is 0 Å². The summed E-state index contributed by atoms with van der Waals surface area (Å²) in [6.45, 7) is 1.26. The predicted octanol–water partition coefficient (Wildman–Crippen LogP) is 6.94. The fourth-order valence-corrected chi connectivity index (χ4v) is 4.91. The van der Waals surface area contributed by atoms with E-state index in [1.807, 2.05) is 42.3 Å². The molecular formula is C25H27F6N. The quantitative estimate of drug-likeness (QED) is 0.390. The van der Waals surface area contributed by atoms with E-state index < -0.39 is 23.2 Å². The van der Waals surface area contributed by atoms with Gasteiger partial charge < -0.3 is 4.90 Å². The van der Waals surface area contributed by atoms with Crippen molar-refractivity contribution >= 4 is 0 Å². The molecule has 2 fully saturated rings. The van der Waals surface area contributed by atoms with Crippen LogP contribution >= 0.6 is 0 Å². The normalized spacial score (nSPS) is 19.2. The van der Waals surface area contributed by atoms with Gasteiger partial charge in [-0.05, 0) is 74.4 Å². The summed E-state index contributed by atoms with van der Waals surface area (Å²) in [4.78, 5) is 2.05. The lowest BCUT2D eigenvalue weighted by molar-refractivity contribution is -0.161. The van der Waals surface area contributed by atoms with Crippen LogP contribution in [0.5, 0.6) is 0 Å². The van der Waals surface area contributed by atoms with Crippen molar-refractivity contribution in [2.75, 3.05) is 13.6 Å². The van der Waals surface area contributed by atoms with Crippen molar-refractivity contribution in [1.29, 1.82) is 0 Å². The molecule has 0 heterocycles. The van der Waals surface area contributed by atoms with E-state index in [9.17, 15) is 26.3 Å². The number of nitrogens with zero attached hydrogens (tertiary/aromatic N) is 1. The second-order valence-corrected chi connectivity index (χ2v) is 9.32. The molecule has 2 aromatic rings. The summed E-state index contributed by atoms with van der Waals surface area (Å²) in [5, 5.41) is 0. The van der Waals surface area contributed by atoms with E-state index in [0.29, 0.717) is 19.5 Å². The Labute approximate surface area is 184 Å². The monoisotopic (exact) mass is 455 g/mol. The second-order valence-electron chi connectivity index (χ2n) is 9.32. The highest BCUT2D eigenvalue weighted by Crippen LogP contribution is 2.63. The summed E-state index contributed by atoms with van der Waals surface area (Å²) in [5.41, 5.74) is -2.48. The molecule has 2 aliphatic carbocycles. The molecule has 32 heavy (non-hydrogen) atoms. The fraction of sp³-hybridized carbons (Fsp3) is 0.520.